The predicted octanol–water partition coefficient (Wildman–Crippen LogP) is 3.37. The van der Waals surface area contributed by atoms with Crippen LogP contribution in [0.3, 0.4) is 0 Å². The lowest BCUT2D eigenvalue weighted by Crippen LogP contribution is -2.16. The number of hydrogen-bond donors (Lipinski definition) is 1. The van der Waals surface area contributed by atoms with Crippen LogP contribution in [0.4, 0.5) is 18.9 Å². The van der Waals surface area contributed by atoms with Crippen LogP contribution < -0.4 is 10.5 Å². The Morgan fingerprint density at radius 3 is 2.50 bits per heavy atom. The van der Waals surface area contributed by atoms with Gasteiger partial charge in [0.2, 0.25) is 0 Å². The highest BCUT2D eigenvalue weighted by Gasteiger charge is 2.28. The van der Waals surface area contributed by atoms with E-state index in [1.165, 1.54) is 19.2 Å². The molecule has 0 aliphatic heterocycles. The van der Waals surface area contributed by atoms with Crippen molar-refractivity contribution in [3.63, 3.8) is 0 Å². The number of nitro groups is 1. The molecule has 2 N–H and O–H groups in total. The SMILES string of the molecule is COc1ccc([C@H](N)CCC(F)(F)F)cc1[N+](=O)[O-].Cl. The Bertz CT molecular complexity index is 469. The summed E-state index contributed by atoms with van der Waals surface area (Å²) >= 11 is 0. The molecule has 1 aromatic carbocycles. The number of nitrogens with two attached hydrogens (primary N) is 1. The van der Waals surface area contributed by atoms with E-state index in [1.54, 1.807) is 0 Å². The summed E-state index contributed by atoms with van der Waals surface area (Å²) in [4.78, 5) is 10.1. The monoisotopic (exact) mass is 314 g/mol. The normalized spacial score (nSPS) is 12.4. The van der Waals surface area contributed by atoms with Crippen molar-refractivity contribution in [2.45, 2.75) is 25.1 Å². The highest BCUT2D eigenvalue weighted by molar-refractivity contribution is 5.85. The zero-order chi connectivity index (χ0) is 14.6. The molecule has 0 bridgehead atoms. The van der Waals surface area contributed by atoms with Gasteiger partial charge in [0.25, 0.3) is 0 Å². The van der Waals surface area contributed by atoms with Crippen molar-refractivity contribution in [1.29, 1.82) is 0 Å². The standard InChI is InChI=1S/C11H13F3N2O3.ClH/c1-19-10-3-2-7(6-9(10)16(17)18)8(15)4-5-11(12,13)14;/h2-3,6,8H,4-5,15H2,1H3;1H/t8-;/m1./s1. The summed E-state index contributed by atoms with van der Waals surface area (Å²) in [6.45, 7) is 0. The van der Waals surface area contributed by atoms with E-state index < -0.39 is 23.6 Å². The summed E-state index contributed by atoms with van der Waals surface area (Å²) in [7, 11) is 1.27. The summed E-state index contributed by atoms with van der Waals surface area (Å²) in [5, 5.41) is 10.8. The Kier molecular flexibility index (Phi) is 6.74. The number of methoxy groups -OCH3 is 1. The molecule has 1 rings (SSSR count). The van der Waals surface area contributed by atoms with E-state index >= 15 is 0 Å². The molecule has 0 fully saturated rings. The maximum absolute atomic E-state index is 12.1. The average Bonchev–Trinajstić information content (AvgIpc) is 2.34. The maximum atomic E-state index is 12.1. The van der Waals surface area contributed by atoms with Crippen LogP contribution in [0.1, 0.15) is 24.4 Å². The first-order chi connectivity index (χ1) is 8.74. The summed E-state index contributed by atoms with van der Waals surface area (Å²) in [6.07, 6.45) is -5.66. The second kappa shape index (κ2) is 7.30. The summed E-state index contributed by atoms with van der Waals surface area (Å²) in [6, 6.07) is 2.97. The number of ether oxygens (including phenoxy) is 1. The molecule has 0 radical (unpaired) electrons. The fourth-order valence-electron chi connectivity index (χ4n) is 1.57. The summed E-state index contributed by atoms with van der Waals surface area (Å²) < 4.78 is 41.0. The number of rotatable bonds is 5. The van der Waals surface area contributed by atoms with Gasteiger partial charge in [-0.05, 0) is 18.1 Å². The first-order valence-corrected chi connectivity index (χ1v) is 5.39. The second-order valence-electron chi connectivity index (χ2n) is 3.95. The van der Waals surface area contributed by atoms with Crippen molar-refractivity contribution in [2.75, 3.05) is 7.11 Å². The first kappa shape index (κ1) is 18.5. The average molecular weight is 315 g/mol. The minimum Gasteiger partial charge on any atom is -0.490 e. The number of halogens is 4. The predicted molar refractivity (Wildman–Crippen MR) is 69.1 cm³/mol. The highest BCUT2D eigenvalue weighted by atomic mass is 35.5. The van der Waals surface area contributed by atoms with Crippen molar-refractivity contribution in [2.24, 2.45) is 5.73 Å². The van der Waals surface area contributed by atoms with E-state index in [1.807, 2.05) is 0 Å². The van der Waals surface area contributed by atoms with E-state index in [-0.39, 0.29) is 35.8 Å². The number of hydrogen-bond acceptors (Lipinski definition) is 4. The van der Waals surface area contributed by atoms with E-state index in [9.17, 15) is 23.3 Å². The zero-order valence-electron chi connectivity index (χ0n) is 10.5. The fraction of sp³-hybridized carbons (Fsp3) is 0.455. The first-order valence-electron chi connectivity index (χ1n) is 5.39. The van der Waals surface area contributed by atoms with Gasteiger partial charge in [0.05, 0.1) is 12.0 Å². The van der Waals surface area contributed by atoms with Gasteiger partial charge in [-0.2, -0.15) is 13.2 Å². The molecule has 0 saturated carbocycles. The molecule has 1 atom stereocenters. The number of benzene rings is 1. The van der Waals surface area contributed by atoms with Crippen molar-refractivity contribution in [1.82, 2.24) is 0 Å². The lowest BCUT2D eigenvalue weighted by atomic mass is 10.0. The molecule has 0 aromatic heterocycles. The molecule has 0 aliphatic carbocycles. The van der Waals surface area contributed by atoms with Crippen LogP contribution >= 0.6 is 12.4 Å². The molecule has 0 saturated heterocycles. The molecule has 0 spiro atoms. The van der Waals surface area contributed by atoms with E-state index in [0.29, 0.717) is 0 Å². The van der Waals surface area contributed by atoms with Crippen LogP contribution in [0, 0.1) is 10.1 Å². The molecule has 0 heterocycles. The third kappa shape index (κ3) is 5.22. The summed E-state index contributed by atoms with van der Waals surface area (Å²) in [5.41, 5.74) is 5.56. The van der Waals surface area contributed by atoms with Crippen LogP contribution in [-0.4, -0.2) is 18.2 Å². The fourth-order valence-corrected chi connectivity index (χ4v) is 1.57. The number of nitro benzene ring substituents is 1. The van der Waals surface area contributed by atoms with Crippen LogP contribution in [-0.2, 0) is 0 Å². The Morgan fingerprint density at radius 2 is 2.05 bits per heavy atom. The maximum Gasteiger partial charge on any atom is 0.389 e. The lowest BCUT2D eigenvalue weighted by Gasteiger charge is -2.14. The topological polar surface area (TPSA) is 78.4 Å². The minimum atomic E-state index is -4.30. The van der Waals surface area contributed by atoms with Gasteiger partial charge in [0.15, 0.2) is 5.75 Å². The van der Waals surface area contributed by atoms with Crippen LogP contribution in [0.25, 0.3) is 0 Å². The quantitative estimate of drug-likeness (QED) is 0.667. The van der Waals surface area contributed by atoms with Crippen LogP contribution in [0.15, 0.2) is 18.2 Å². The third-order valence-corrected chi connectivity index (χ3v) is 2.57. The van der Waals surface area contributed by atoms with Crippen molar-refractivity contribution >= 4 is 18.1 Å². The Labute approximate surface area is 119 Å². The van der Waals surface area contributed by atoms with Crippen molar-refractivity contribution < 1.29 is 22.8 Å². The molecule has 0 unspecified atom stereocenters. The lowest BCUT2D eigenvalue weighted by molar-refractivity contribution is -0.385. The van der Waals surface area contributed by atoms with Crippen molar-refractivity contribution in [3.05, 3.63) is 33.9 Å². The molecule has 0 amide bonds. The summed E-state index contributed by atoms with van der Waals surface area (Å²) in [5.74, 6) is 0.0387. The Balaban J connectivity index is 0.00000361. The molecule has 9 heteroatoms. The van der Waals surface area contributed by atoms with Gasteiger partial charge in [-0.15, -0.1) is 12.4 Å². The van der Waals surface area contributed by atoms with Gasteiger partial charge in [-0.3, -0.25) is 10.1 Å². The van der Waals surface area contributed by atoms with Gasteiger partial charge < -0.3 is 10.5 Å². The van der Waals surface area contributed by atoms with E-state index in [0.717, 1.165) is 6.07 Å². The van der Waals surface area contributed by atoms with Gasteiger partial charge in [0.1, 0.15) is 0 Å². The number of nitrogens with zero attached hydrogens (tertiary/aromatic N) is 1. The molecule has 0 aliphatic rings. The van der Waals surface area contributed by atoms with Gasteiger partial charge in [-0.25, -0.2) is 0 Å². The largest absolute Gasteiger partial charge is 0.490 e. The second-order valence-corrected chi connectivity index (χ2v) is 3.95. The van der Waals surface area contributed by atoms with Gasteiger partial charge in [-0.1, -0.05) is 6.07 Å². The molecular weight excluding hydrogens is 301 g/mol. The van der Waals surface area contributed by atoms with Crippen LogP contribution in [0.2, 0.25) is 0 Å². The van der Waals surface area contributed by atoms with Crippen LogP contribution in [0.5, 0.6) is 5.75 Å². The molecular formula is C11H14ClF3N2O3. The van der Waals surface area contributed by atoms with Gasteiger partial charge in [0, 0.05) is 18.5 Å². The highest BCUT2D eigenvalue weighted by Crippen LogP contribution is 2.32. The molecule has 5 nitrogen and oxygen atoms in total. The third-order valence-electron chi connectivity index (χ3n) is 2.57. The molecule has 114 valence electrons. The minimum absolute atomic E-state index is 0. The number of alkyl halides is 3. The molecule has 20 heavy (non-hydrogen) atoms. The zero-order valence-corrected chi connectivity index (χ0v) is 11.3. The Morgan fingerprint density at radius 1 is 1.45 bits per heavy atom. The molecule has 1 aromatic rings. The van der Waals surface area contributed by atoms with Crippen molar-refractivity contribution in [3.8, 4) is 5.75 Å². The van der Waals surface area contributed by atoms with E-state index in [2.05, 4.69) is 0 Å². The Hall–Kier alpha value is -1.54. The van der Waals surface area contributed by atoms with Gasteiger partial charge >= 0.3 is 11.9 Å². The smallest absolute Gasteiger partial charge is 0.389 e. The van der Waals surface area contributed by atoms with E-state index in [4.69, 9.17) is 10.5 Å².